The third-order valence-electron chi connectivity index (χ3n) is 6.32. The van der Waals surface area contributed by atoms with E-state index in [0.29, 0.717) is 19.5 Å². The van der Waals surface area contributed by atoms with Gasteiger partial charge in [-0.3, -0.25) is 14.4 Å². The summed E-state index contributed by atoms with van der Waals surface area (Å²) in [5, 5.41) is 16.0. The topological polar surface area (TPSA) is 138 Å². The lowest BCUT2D eigenvalue weighted by Crippen LogP contribution is -2.57. The zero-order chi connectivity index (χ0) is 26.5. The molecular weight excluding hydrogens is 478 g/mol. The third kappa shape index (κ3) is 6.89. The number of thiazole rings is 1. The second-order valence-corrected chi connectivity index (χ2v) is 11.2. The van der Waals surface area contributed by atoms with Crippen molar-refractivity contribution in [3.05, 3.63) is 41.0 Å². The summed E-state index contributed by atoms with van der Waals surface area (Å²) in [5.41, 5.74) is 9.71. The van der Waals surface area contributed by atoms with Gasteiger partial charge in [-0.2, -0.15) is 0 Å². The van der Waals surface area contributed by atoms with Gasteiger partial charge in [-0.25, -0.2) is 4.98 Å². The largest absolute Gasteiger partial charge is 0.391 e. The number of nitrogens with zero attached hydrogens (tertiary/aromatic N) is 2. The Morgan fingerprint density at radius 3 is 2.53 bits per heavy atom. The van der Waals surface area contributed by atoms with E-state index >= 15 is 0 Å². The Morgan fingerprint density at radius 2 is 1.94 bits per heavy atom. The van der Waals surface area contributed by atoms with Gasteiger partial charge >= 0.3 is 0 Å². The molecule has 1 aliphatic heterocycles. The van der Waals surface area contributed by atoms with Crippen molar-refractivity contribution in [3.63, 3.8) is 0 Å². The predicted octanol–water partition coefficient (Wildman–Crippen LogP) is 1.97. The van der Waals surface area contributed by atoms with Crippen LogP contribution in [0.5, 0.6) is 0 Å². The van der Waals surface area contributed by atoms with Crippen molar-refractivity contribution in [1.29, 1.82) is 0 Å². The molecule has 1 aromatic carbocycles. The molecule has 3 rings (SSSR count). The summed E-state index contributed by atoms with van der Waals surface area (Å²) >= 11 is 1.58. The number of hydrogen-bond donors (Lipinski definition) is 4. The van der Waals surface area contributed by atoms with E-state index in [1.807, 2.05) is 57.5 Å². The molecule has 9 nitrogen and oxygen atoms in total. The summed E-state index contributed by atoms with van der Waals surface area (Å²) in [6, 6.07) is 6.27. The molecule has 1 fully saturated rings. The second-order valence-electron chi connectivity index (χ2n) is 10.3. The number of amides is 3. The average molecular weight is 516 g/mol. The third-order valence-corrected chi connectivity index (χ3v) is 7.30. The first-order valence-corrected chi connectivity index (χ1v) is 13.1. The molecular formula is C26H37N5O4S. The van der Waals surface area contributed by atoms with Gasteiger partial charge in [0.05, 0.1) is 22.2 Å². The number of carbonyl (C=O) groups excluding carboxylic acids is 3. The van der Waals surface area contributed by atoms with Crippen molar-refractivity contribution in [2.45, 2.75) is 71.7 Å². The Bertz CT molecular complexity index is 1060. The molecule has 0 radical (unpaired) electrons. The lowest BCUT2D eigenvalue weighted by atomic mass is 9.85. The number of likely N-dealkylation sites (tertiary alicyclic amines) is 1. The number of β-amino-alcohol motifs (C(OH)–C–C–N with tert-alkyl or cyclic N) is 1. The summed E-state index contributed by atoms with van der Waals surface area (Å²) in [7, 11) is 0. The molecule has 1 aromatic heterocycles. The summed E-state index contributed by atoms with van der Waals surface area (Å²) in [6.45, 7) is 8.28. The molecule has 196 valence electrons. The van der Waals surface area contributed by atoms with E-state index in [4.69, 9.17) is 5.73 Å². The first kappa shape index (κ1) is 27.8. The van der Waals surface area contributed by atoms with Crippen molar-refractivity contribution in [2.75, 3.05) is 13.1 Å². The number of hydrogen-bond acceptors (Lipinski definition) is 7. The molecule has 0 aliphatic carbocycles. The number of carbonyl (C=O) groups is 3. The molecule has 3 atom stereocenters. The van der Waals surface area contributed by atoms with Crippen LogP contribution in [0.3, 0.4) is 0 Å². The van der Waals surface area contributed by atoms with E-state index in [0.717, 1.165) is 21.7 Å². The van der Waals surface area contributed by atoms with Gasteiger partial charge in [-0.05, 0) is 36.4 Å². The lowest BCUT2D eigenvalue weighted by molar-refractivity contribution is -0.144. The van der Waals surface area contributed by atoms with Gasteiger partial charge in [0.15, 0.2) is 0 Å². The van der Waals surface area contributed by atoms with Crippen molar-refractivity contribution < 1.29 is 19.5 Å². The molecule has 36 heavy (non-hydrogen) atoms. The van der Waals surface area contributed by atoms with Gasteiger partial charge in [-0.15, -0.1) is 11.3 Å². The second kappa shape index (κ2) is 11.9. The molecule has 1 aliphatic rings. The van der Waals surface area contributed by atoms with E-state index < -0.39 is 23.6 Å². The Balaban J connectivity index is 1.66. The van der Waals surface area contributed by atoms with Gasteiger partial charge in [0.1, 0.15) is 12.1 Å². The van der Waals surface area contributed by atoms with Crippen LogP contribution in [0.1, 0.15) is 51.3 Å². The minimum atomic E-state index is -0.828. The first-order valence-electron chi connectivity index (χ1n) is 12.3. The minimum absolute atomic E-state index is 0.0467. The number of nitrogens with one attached hydrogen (secondary N) is 2. The zero-order valence-electron chi connectivity index (χ0n) is 21.4. The maximum atomic E-state index is 13.5. The molecule has 3 amide bonds. The first-order chi connectivity index (χ1) is 17.0. The summed E-state index contributed by atoms with van der Waals surface area (Å²) in [6.07, 6.45) is 0.0960. The highest BCUT2D eigenvalue weighted by molar-refractivity contribution is 7.13. The number of aliphatic hydroxyl groups is 1. The summed E-state index contributed by atoms with van der Waals surface area (Å²) in [4.78, 5) is 45.8. The van der Waals surface area contributed by atoms with E-state index in [-0.39, 0.29) is 37.1 Å². The van der Waals surface area contributed by atoms with E-state index in [9.17, 15) is 19.5 Å². The van der Waals surface area contributed by atoms with Crippen molar-refractivity contribution in [1.82, 2.24) is 20.5 Å². The summed E-state index contributed by atoms with van der Waals surface area (Å²) in [5.74, 6) is -0.958. The van der Waals surface area contributed by atoms with E-state index in [2.05, 4.69) is 15.6 Å². The van der Waals surface area contributed by atoms with E-state index in [1.165, 1.54) is 4.90 Å². The highest BCUT2D eigenvalue weighted by Crippen LogP contribution is 2.28. The fraction of sp³-hybridized carbons (Fsp3) is 0.538. The van der Waals surface area contributed by atoms with Gasteiger partial charge < -0.3 is 26.4 Å². The van der Waals surface area contributed by atoms with Crippen LogP contribution in [-0.2, 0) is 20.9 Å². The Labute approximate surface area is 216 Å². The molecule has 2 heterocycles. The molecule has 2 aromatic rings. The maximum Gasteiger partial charge on any atom is 0.246 e. The minimum Gasteiger partial charge on any atom is -0.391 e. The summed E-state index contributed by atoms with van der Waals surface area (Å²) < 4.78 is 0. The number of aliphatic hydroxyl groups excluding tert-OH is 1. The van der Waals surface area contributed by atoms with Gasteiger partial charge in [0.25, 0.3) is 0 Å². The monoisotopic (exact) mass is 515 g/mol. The molecule has 5 N–H and O–H groups in total. The fourth-order valence-electron chi connectivity index (χ4n) is 4.28. The fourth-order valence-corrected chi connectivity index (χ4v) is 5.09. The molecule has 0 spiro atoms. The number of aromatic nitrogens is 1. The normalized spacial score (nSPS) is 18.7. The average Bonchev–Trinajstić information content (AvgIpc) is 3.44. The van der Waals surface area contributed by atoms with Crippen molar-refractivity contribution >= 4 is 29.1 Å². The van der Waals surface area contributed by atoms with Crippen LogP contribution in [-0.4, -0.2) is 64.0 Å². The van der Waals surface area contributed by atoms with Crippen molar-refractivity contribution in [3.8, 4) is 10.4 Å². The highest BCUT2D eigenvalue weighted by Gasteiger charge is 2.44. The lowest BCUT2D eigenvalue weighted by Gasteiger charge is -2.35. The standard InChI is InChI=1S/C26H37N5O4S/c1-16-22(36-15-29-16)18-9-7-17(8-10-18)13-28-24(34)20-12-19(32)14-31(20)25(35)23(26(2,3)4)30-21(33)6-5-11-27/h7-10,15,19-20,23,32H,5-6,11-14,27H2,1-4H3,(H,28,34)(H,30,33)/t19?,20?,23-/m1/s1. The van der Waals surface area contributed by atoms with Gasteiger partial charge in [0, 0.05) is 25.9 Å². The number of benzene rings is 1. The van der Waals surface area contributed by atoms with Crippen LogP contribution in [0.2, 0.25) is 0 Å². The van der Waals surface area contributed by atoms with Crippen LogP contribution in [0, 0.1) is 12.3 Å². The van der Waals surface area contributed by atoms with Crippen LogP contribution >= 0.6 is 11.3 Å². The SMILES string of the molecule is Cc1ncsc1-c1ccc(CNC(=O)C2CC(O)CN2C(=O)[C@@H](NC(=O)CCCN)C(C)(C)C)cc1. The molecule has 0 saturated carbocycles. The van der Waals surface area contributed by atoms with Crippen molar-refractivity contribution in [2.24, 2.45) is 11.1 Å². The maximum absolute atomic E-state index is 13.5. The zero-order valence-corrected chi connectivity index (χ0v) is 22.2. The predicted molar refractivity (Wildman–Crippen MR) is 140 cm³/mol. The number of rotatable bonds is 9. The quantitative estimate of drug-likeness (QED) is 0.403. The molecule has 1 saturated heterocycles. The molecule has 10 heteroatoms. The Morgan fingerprint density at radius 1 is 1.25 bits per heavy atom. The molecule has 0 bridgehead atoms. The Kier molecular flexibility index (Phi) is 9.21. The van der Waals surface area contributed by atoms with Gasteiger partial charge in [0.2, 0.25) is 17.7 Å². The highest BCUT2D eigenvalue weighted by atomic mass is 32.1. The van der Waals surface area contributed by atoms with Gasteiger partial charge in [-0.1, -0.05) is 45.0 Å². The number of aryl methyl sites for hydroxylation is 1. The number of nitrogens with two attached hydrogens (primary N) is 1. The van der Waals surface area contributed by atoms with Crippen LogP contribution in [0.4, 0.5) is 0 Å². The van der Waals surface area contributed by atoms with Crippen LogP contribution < -0.4 is 16.4 Å². The smallest absolute Gasteiger partial charge is 0.246 e. The van der Waals surface area contributed by atoms with Crippen LogP contribution in [0.15, 0.2) is 29.8 Å². The Hall–Kier alpha value is -2.82. The molecule has 2 unspecified atom stereocenters. The van der Waals surface area contributed by atoms with E-state index in [1.54, 1.807) is 11.3 Å². The van der Waals surface area contributed by atoms with Crippen LogP contribution in [0.25, 0.3) is 10.4 Å².